The van der Waals surface area contributed by atoms with Crippen molar-refractivity contribution < 1.29 is 0 Å². The van der Waals surface area contributed by atoms with Crippen LogP contribution in [0.25, 0.3) is 16.3 Å². The van der Waals surface area contributed by atoms with Crippen LogP contribution in [-0.2, 0) is 6.54 Å². The molecule has 7 heteroatoms. The van der Waals surface area contributed by atoms with Crippen LogP contribution in [0.4, 0.5) is 5.69 Å². The minimum absolute atomic E-state index is 0.677. The summed E-state index contributed by atoms with van der Waals surface area (Å²) in [5, 5.41) is 8.78. The zero-order chi connectivity index (χ0) is 17.1. The Morgan fingerprint density at radius 2 is 2.00 bits per heavy atom. The number of aromatic nitrogens is 5. The maximum Gasteiger partial charge on any atom is 0.125 e. The lowest BCUT2D eigenvalue weighted by molar-refractivity contribution is 0.876. The molecule has 0 atom stereocenters. The van der Waals surface area contributed by atoms with Crippen molar-refractivity contribution in [3.63, 3.8) is 0 Å². The highest BCUT2D eigenvalue weighted by Gasteiger charge is 2.08. The standard InChI is InChI=1S/C18H16N6S/c1-13-7-23-24(12-13)17-4-6-20-11-16(17)21-9-15-10-22-18(25-15)14-3-2-5-19-8-14/h2-8,10-12,21H,9H2,1H3. The molecular weight excluding hydrogens is 332 g/mol. The van der Waals surface area contributed by atoms with Gasteiger partial charge < -0.3 is 5.32 Å². The Morgan fingerprint density at radius 1 is 1.08 bits per heavy atom. The summed E-state index contributed by atoms with van der Waals surface area (Å²) < 4.78 is 1.85. The van der Waals surface area contributed by atoms with E-state index in [-0.39, 0.29) is 0 Å². The van der Waals surface area contributed by atoms with Gasteiger partial charge in [-0.15, -0.1) is 11.3 Å². The van der Waals surface area contributed by atoms with Gasteiger partial charge in [0.25, 0.3) is 0 Å². The molecule has 25 heavy (non-hydrogen) atoms. The molecule has 0 aliphatic carbocycles. The van der Waals surface area contributed by atoms with Crippen LogP contribution in [-0.4, -0.2) is 24.7 Å². The Kier molecular flexibility index (Phi) is 4.22. The second-order valence-electron chi connectivity index (χ2n) is 5.58. The number of anilines is 1. The number of rotatable bonds is 5. The monoisotopic (exact) mass is 348 g/mol. The fourth-order valence-electron chi connectivity index (χ4n) is 2.46. The van der Waals surface area contributed by atoms with Crippen LogP contribution in [0.3, 0.4) is 0 Å². The second kappa shape index (κ2) is 6.82. The number of nitrogens with one attached hydrogen (secondary N) is 1. The summed E-state index contributed by atoms with van der Waals surface area (Å²) in [6, 6.07) is 5.88. The maximum absolute atomic E-state index is 4.49. The number of pyridine rings is 2. The Labute approximate surface area is 149 Å². The molecule has 0 aliphatic heterocycles. The Hall–Kier alpha value is -3.06. The first-order valence-electron chi connectivity index (χ1n) is 7.84. The van der Waals surface area contributed by atoms with E-state index in [0.717, 1.165) is 32.4 Å². The van der Waals surface area contributed by atoms with Crippen LogP contribution in [0.5, 0.6) is 0 Å². The predicted molar refractivity (Wildman–Crippen MR) is 98.8 cm³/mol. The van der Waals surface area contributed by atoms with Crippen molar-refractivity contribution in [2.24, 2.45) is 0 Å². The first-order chi connectivity index (χ1) is 12.3. The normalized spacial score (nSPS) is 10.8. The quantitative estimate of drug-likeness (QED) is 0.595. The molecule has 4 heterocycles. The summed E-state index contributed by atoms with van der Waals surface area (Å²) in [6.45, 7) is 2.70. The van der Waals surface area contributed by atoms with Gasteiger partial charge in [0, 0.05) is 41.4 Å². The molecule has 0 amide bonds. The van der Waals surface area contributed by atoms with Crippen molar-refractivity contribution >= 4 is 17.0 Å². The van der Waals surface area contributed by atoms with Crippen molar-refractivity contribution in [1.29, 1.82) is 0 Å². The van der Waals surface area contributed by atoms with Crippen LogP contribution in [0.2, 0.25) is 0 Å². The van der Waals surface area contributed by atoms with E-state index in [1.54, 1.807) is 23.7 Å². The van der Waals surface area contributed by atoms with Crippen LogP contribution in [0, 0.1) is 6.92 Å². The summed E-state index contributed by atoms with van der Waals surface area (Å²) in [4.78, 5) is 14.0. The first kappa shape index (κ1) is 15.5. The number of hydrogen-bond acceptors (Lipinski definition) is 6. The van der Waals surface area contributed by atoms with Gasteiger partial charge in [0.2, 0.25) is 0 Å². The highest BCUT2D eigenvalue weighted by molar-refractivity contribution is 7.15. The Bertz CT molecular complexity index is 976. The molecule has 124 valence electrons. The molecule has 0 radical (unpaired) electrons. The molecular formula is C18H16N6S. The fourth-order valence-corrected chi connectivity index (χ4v) is 3.30. The molecule has 0 aromatic carbocycles. The zero-order valence-corrected chi connectivity index (χ0v) is 14.4. The van der Waals surface area contributed by atoms with Gasteiger partial charge in [0.05, 0.1) is 30.3 Å². The van der Waals surface area contributed by atoms with Gasteiger partial charge in [-0.1, -0.05) is 0 Å². The summed E-state index contributed by atoms with van der Waals surface area (Å²) >= 11 is 1.65. The molecule has 0 fully saturated rings. The largest absolute Gasteiger partial charge is 0.377 e. The molecule has 0 unspecified atom stereocenters. The average Bonchev–Trinajstić information content (AvgIpc) is 3.30. The number of hydrogen-bond donors (Lipinski definition) is 1. The molecule has 0 saturated carbocycles. The van der Waals surface area contributed by atoms with Gasteiger partial charge >= 0.3 is 0 Å². The van der Waals surface area contributed by atoms with Crippen molar-refractivity contribution in [2.75, 3.05) is 5.32 Å². The lowest BCUT2D eigenvalue weighted by Crippen LogP contribution is -2.04. The summed E-state index contributed by atoms with van der Waals surface area (Å²) in [5.74, 6) is 0. The highest BCUT2D eigenvalue weighted by atomic mass is 32.1. The van der Waals surface area contributed by atoms with Gasteiger partial charge in [-0.25, -0.2) is 9.67 Å². The van der Waals surface area contributed by atoms with Gasteiger partial charge in [-0.3, -0.25) is 9.97 Å². The summed E-state index contributed by atoms with van der Waals surface area (Å²) in [6.07, 6.45) is 12.9. The van der Waals surface area contributed by atoms with E-state index < -0.39 is 0 Å². The Balaban J connectivity index is 1.52. The van der Waals surface area contributed by atoms with Gasteiger partial charge in [-0.2, -0.15) is 5.10 Å². The zero-order valence-electron chi connectivity index (χ0n) is 13.6. The van der Waals surface area contributed by atoms with Crippen molar-refractivity contribution in [1.82, 2.24) is 24.7 Å². The van der Waals surface area contributed by atoms with Crippen LogP contribution in [0.15, 0.2) is 61.6 Å². The second-order valence-corrected chi connectivity index (χ2v) is 6.70. The van der Waals surface area contributed by atoms with Gasteiger partial charge in [-0.05, 0) is 30.7 Å². The van der Waals surface area contributed by atoms with Gasteiger partial charge in [0.1, 0.15) is 5.01 Å². The molecule has 4 aromatic heterocycles. The topological polar surface area (TPSA) is 68.5 Å². The number of nitrogens with zero attached hydrogens (tertiary/aromatic N) is 5. The highest BCUT2D eigenvalue weighted by Crippen LogP contribution is 2.26. The number of aryl methyl sites for hydroxylation is 1. The molecule has 0 bridgehead atoms. The average molecular weight is 348 g/mol. The van der Waals surface area contributed by atoms with Crippen LogP contribution in [0.1, 0.15) is 10.4 Å². The molecule has 4 rings (SSSR count). The minimum Gasteiger partial charge on any atom is -0.377 e. The fraction of sp³-hybridized carbons (Fsp3) is 0.111. The molecule has 0 spiro atoms. The van der Waals surface area contributed by atoms with E-state index >= 15 is 0 Å². The van der Waals surface area contributed by atoms with E-state index in [4.69, 9.17) is 0 Å². The molecule has 1 N–H and O–H groups in total. The lowest BCUT2D eigenvalue weighted by atomic mass is 10.3. The molecule has 4 aromatic rings. The number of thiazole rings is 1. The summed E-state index contributed by atoms with van der Waals surface area (Å²) in [5.41, 5.74) is 4.06. The van der Waals surface area contributed by atoms with E-state index in [1.807, 2.05) is 60.8 Å². The van der Waals surface area contributed by atoms with Crippen LogP contribution >= 0.6 is 11.3 Å². The lowest BCUT2D eigenvalue weighted by Gasteiger charge is -2.10. The first-order valence-corrected chi connectivity index (χ1v) is 8.66. The van der Waals surface area contributed by atoms with E-state index in [1.165, 1.54) is 0 Å². The maximum atomic E-state index is 4.49. The predicted octanol–water partition coefficient (Wildman–Crippen LogP) is 3.71. The SMILES string of the molecule is Cc1cnn(-c2ccncc2NCc2cnc(-c3cccnc3)s2)c1. The Morgan fingerprint density at radius 3 is 2.80 bits per heavy atom. The summed E-state index contributed by atoms with van der Waals surface area (Å²) in [7, 11) is 0. The van der Waals surface area contributed by atoms with Crippen molar-refractivity contribution in [3.8, 4) is 16.3 Å². The van der Waals surface area contributed by atoms with E-state index in [0.29, 0.717) is 6.54 Å². The third-order valence-electron chi connectivity index (χ3n) is 3.67. The minimum atomic E-state index is 0.677. The smallest absolute Gasteiger partial charge is 0.125 e. The van der Waals surface area contributed by atoms with E-state index in [2.05, 4.69) is 25.4 Å². The van der Waals surface area contributed by atoms with Crippen LogP contribution < -0.4 is 5.32 Å². The molecule has 0 aliphatic rings. The molecule has 6 nitrogen and oxygen atoms in total. The van der Waals surface area contributed by atoms with E-state index in [9.17, 15) is 0 Å². The van der Waals surface area contributed by atoms with Crippen molar-refractivity contribution in [2.45, 2.75) is 13.5 Å². The van der Waals surface area contributed by atoms with Gasteiger partial charge in [0.15, 0.2) is 0 Å². The third-order valence-corrected chi connectivity index (χ3v) is 4.72. The third kappa shape index (κ3) is 3.41. The van der Waals surface area contributed by atoms with Crippen molar-refractivity contribution in [3.05, 3.63) is 72.0 Å². The molecule has 0 saturated heterocycles.